The molecular weight excluding hydrogens is 219 g/mol. The zero-order chi connectivity index (χ0) is 11.8. The Morgan fingerprint density at radius 3 is 2.76 bits per heavy atom. The maximum Gasteiger partial charge on any atom is 0.251 e. The van der Waals surface area contributed by atoms with Gasteiger partial charge in [0.2, 0.25) is 0 Å². The number of halogens is 1. The van der Waals surface area contributed by atoms with Gasteiger partial charge < -0.3 is 10.6 Å². The second-order valence-electron chi connectivity index (χ2n) is 4.89. The first-order chi connectivity index (χ1) is 8.24. The van der Waals surface area contributed by atoms with Crippen LogP contribution in [0.5, 0.6) is 0 Å². The lowest BCUT2D eigenvalue weighted by molar-refractivity contribution is 0.0949. The van der Waals surface area contributed by atoms with E-state index in [2.05, 4.69) is 10.6 Å². The topological polar surface area (TPSA) is 41.1 Å². The van der Waals surface area contributed by atoms with Crippen molar-refractivity contribution in [3.63, 3.8) is 0 Å². The van der Waals surface area contributed by atoms with E-state index in [0.717, 1.165) is 18.4 Å². The molecule has 17 heavy (non-hydrogen) atoms. The Morgan fingerprint density at radius 1 is 1.41 bits per heavy atom. The van der Waals surface area contributed by atoms with E-state index in [-0.39, 0.29) is 11.7 Å². The number of fused-ring (bicyclic) bond motifs is 1. The Hall–Kier alpha value is -1.42. The summed E-state index contributed by atoms with van der Waals surface area (Å²) in [6, 6.07) is 6.04. The fourth-order valence-corrected chi connectivity index (χ4v) is 2.58. The Morgan fingerprint density at radius 2 is 2.18 bits per heavy atom. The summed E-state index contributed by atoms with van der Waals surface area (Å²) >= 11 is 0. The molecule has 0 bridgehead atoms. The van der Waals surface area contributed by atoms with Crippen LogP contribution >= 0.6 is 0 Å². The summed E-state index contributed by atoms with van der Waals surface area (Å²) in [5.41, 5.74) is 0.511. The predicted molar refractivity (Wildman–Crippen MR) is 62.1 cm³/mol. The van der Waals surface area contributed by atoms with Crippen molar-refractivity contribution in [1.82, 2.24) is 10.6 Å². The molecule has 0 aromatic heterocycles. The van der Waals surface area contributed by atoms with Crippen molar-refractivity contribution >= 4 is 5.91 Å². The van der Waals surface area contributed by atoms with Crippen LogP contribution in [0, 0.1) is 17.7 Å². The molecule has 0 spiro atoms. The fourth-order valence-electron chi connectivity index (χ4n) is 2.58. The minimum atomic E-state index is -0.320. The molecule has 0 radical (unpaired) electrons. The van der Waals surface area contributed by atoms with Crippen LogP contribution < -0.4 is 10.6 Å². The molecule has 1 heterocycles. The van der Waals surface area contributed by atoms with Crippen molar-refractivity contribution in [2.45, 2.75) is 12.5 Å². The van der Waals surface area contributed by atoms with Crippen molar-refractivity contribution in [2.75, 3.05) is 13.1 Å². The lowest BCUT2D eigenvalue weighted by Gasteiger charge is -2.14. The summed E-state index contributed by atoms with van der Waals surface area (Å²) in [5.74, 6) is 1.14. The highest BCUT2D eigenvalue weighted by molar-refractivity contribution is 5.94. The third-order valence-electron chi connectivity index (χ3n) is 3.73. The molecule has 1 aliphatic carbocycles. The van der Waals surface area contributed by atoms with Crippen LogP contribution in [0.3, 0.4) is 0 Å². The molecule has 1 saturated carbocycles. The van der Waals surface area contributed by atoms with Crippen LogP contribution in [0.1, 0.15) is 16.8 Å². The average Bonchev–Trinajstić information content (AvgIpc) is 3.01. The number of piperidine rings is 1. The van der Waals surface area contributed by atoms with Crippen molar-refractivity contribution in [3.8, 4) is 0 Å². The van der Waals surface area contributed by atoms with Gasteiger partial charge in [-0.2, -0.15) is 0 Å². The Kier molecular flexibility index (Phi) is 2.59. The van der Waals surface area contributed by atoms with Crippen molar-refractivity contribution in [3.05, 3.63) is 35.6 Å². The van der Waals surface area contributed by atoms with Gasteiger partial charge in [0.05, 0.1) is 0 Å². The first-order valence-electron chi connectivity index (χ1n) is 6.01. The van der Waals surface area contributed by atoms with Crippen LogP contribution in [0.25, 0.3) is 0 Å². The van der Waals surface area contributed by atoms with Gasteiger partial charge in [0, 0.05) is 18.2 Å². The number of nitrogens with one attached hydrogen (secondary N) is 2. The van der Waals surface area contributed by atoms with Gasteiger partial charge in [-0.15, -0.1) is 0 Å². The molecule has 1 aliphatic heterocycles. The number of rotatable bonds is 3. The molecule has 3 atom stereocenters. The van der Waals surface area contributed by atoms with E-state index in [0.29, 0.717) is 18.2 Å². The van der Waals surface area contributed by atoms with Crippen LogP contribution in [0.15, 0.2) is 24.3 Å². The molecule has 2 N–H and O–H groups in total. The zero-order valence-corrected chi connectivity index (χ0v) is 9.45. The molecule has 2 fully saturated rings. The van der Waals surface area contributed by atoms with E-state index in [1.165, 1.54) is 30.7 Å². The number of carbonyl (C=O) groups excluding carboxylic acids is 1. The summed E-state index contributed by atoms with van der Waals surface area (Å²) in [5, 5.41) is 6.29. The highest BCUT2D eigenvalue weighted by atomic mass is 19.1. The molecule has 3 rings (SSSR count). The lowest BCUT2D eigenvalue weighted by Crippen LogP contribution is -2.39. The third-order valence-corrected chi connectivity index (χ3v) is 3.73. The van der Waals surface area contributed by atoms with Crippen LogP contribution in [-0.4, -0.2) is 25.0 Å². The monoisotopic (exact) mass is 234 g/mol. The summed E-state index contributed by atoms with van der Waals surface area (Å²) in [7, 11) is 0. The zero-order valence-electron chi connectivity index (χ0n) is 9.45. The average molecular weight is 234 g/mol. The van der Waals surface area contributed by atoms with Crippen molar-refractivity contribution in [2.24, 2.45) is 11.8 Å². The van der Waals surface area contributed by atoms with Gasteiger partial charge in [-0.05, 0) is 49.1 Å². The van der Waals surface area contributed by atoms with Gasteiger partial charge in [-0.1, -0.05) is 0 Å². The molecule has 1 amide bonds. The lowest BCUT2D eigenvalue weighted by atomic mass is 10.2. The van der Waals surface area contributed by atoms with Crippen LogP contribution in [-0.2, 0) is 0 Å². The first kappa shape index (κ1) is 10.7. The third kappa shape index (κ3) is 2.17. The molecular formula is C13H15FN2O. The minimum Gasteiger partial charge on any atom is -0.350 e. The Labute approximate surface area is 99.4 Å². The summed E-state index contributed by atoms with van der Waals surface area (Å²) in [6.45, 7) is 1.75. The molecule has 1 saturated heterocycles. The number of carbonyl (C=O) groups is 1. The van der Waals surface area contributed by atoms with Gasteiger partial charge >= 0.3 is 0 Å². The van der Waals surface area contributed by atoms with E-state index < -0.39 is 0 Å². The molecule has 90 valence electrons. The molecule has 1 aromatic rings. The van der Waals surface area contributed by atoms with Crippen molar-refractivity contribution in [1.29, 1.82) is 0 Å². The number of hydrogen-bond acceptors (Lipinski definition) is 2. The van der Waals surface area contributed by atoms with Gasteiger partial charge in [0.15, 0.2) is 0 Å². The molecule has 3 unspecified atom stereocenters. The molecule has 4 heteroatoms. The van der Waals surface area contributed by atoms with E-state index in [1.807, 2.05) is 0 Å². The molecule has 1 aromatic carbocycles. The van der Waals surface area contributed by atoms with Gasteiger partial charge in [-0.3, -0.25) is 4.79 Å². The standard InChI is InChI=1S/C13H15FN2O/c14-10-3-1-8(2-4-10)13(17)16-7-12-11-5-9(11)6-15-12/h1-4,9,11-12,15H,5-7H2,(H,16,17). The highest BCUT2D eigenvalue weighted by Crippen LogP contribution is 2.44. The maximum absolute atomic E-state index is 12.7. The van der Waals surface area contributed by atoms with Crippen molar-refractivity contribution < 1.29 is 9.18 Å². The van der Waals surface area contributed by atoms with E-state index >= 15 is 0 Å². The fraction of sp³-hybridized carbons (Fsp3) is 0.462. The van der Waals surface area contributed by atoms with Gasteiger partial charge in [0.1, 0.15) is 5.82 Å². The summed E-state index contributed by atoms with van der Waals surface area (Å²) in [6.07, 6.45) is 1.30. The summed E-state index contributed by atoms with van der Waals surface area (Å²) in [4.78, 5) is 11.8. The molecule has 2 aliphatic rings. The normalized spacial score (nSPS) is 29.8. The Balaban J connectivity index is 1.54. The Bertz CT molecular complexity index is 432. The highest BCUT2D eigenvalue weighted by Gasteiger charge is 2.47. The smallest absolute Gasteiger partial charge is 0.251 e. The first-order valence-corrected chi connectivity index (χ1v) is 6.01. The van der Waals surface area contributed by atoms with Gasteiger partial charge in [-0.25, -0.2) is 4.39 Å². The largest absolute Gasteiger partial charge is 0.350 e. The minimum absolute atomic E-state index is 0.129. The van der Waals surface area contributed by atoms with E-state index in [4.69, 9.17) is 0 Å². The quantitative estimate of drug-likeness (QED) is 0.824. The number of hydrogen-bond donors (Lipinski definition) is 2. The van der Waals surface area contributed by atoms with Crippen LogP contribution in [0.4, 0.5) is 4.39 Å². The van der Waals surface area contributed by atoms with Gasteiger partial charge in [0.25, 0.3) is 5.91 Å². The van der Waals surface area contributed by atoms with E-state index in [9.17, 15) is 9.18 Å². The van der Waals surface area contributed by atoms with Crippen LogP contribution in [0.2, 0.25) is 0 Å². The van der Waals surface area contributed by atoms with E-state index in [1.54, 1.807) is 0 Å². The SMILES string of the molecule is O=C(NCC1NCC2CC21)c1ccc(F)cc1. The number of amides is 1. The molecule has 3 nitrogen and oxygen atoms in total. The summed E-state index contributed by atoms with van der Waals surface area (Å²) < 4.78 is 12.7. The second kappa shape index (κ2) is 4.11. The second-order valence-corrected chi connectivity index (χ2v) is 4.89. The predicted octanol–water partition coefficient (Wildman–Crippen LogP) is 1.16. The number of benzene rings is 1. The maximum atomic E-state index is 12.7.